The molecule has 118 valence electrons. The van der Waals surface area contributed by atoms with E-state index in [-0.39, 0.29) is 6.04 Å². The molecule has 0 heterocycles. The van der Waals surface area contributed by atoms with Crippen molar-refractivity contribution < 1.29 is 0 Å². The molecule has 0 aliphatic rings. The minimum atomic E-state index is 0.186. The molecule has 2 aromatic carbocycles. The lowest BCUT2D eigenvalue weighted by Gasteiger charge is -2.10. The van der Waals surface area contributed by atoms with Crippen molar-refractivity contribution in [3.05, 3.63) is 69.2 Å². The van der Waals surface area contributed by atoms with E-state index >= 15 is 0 Å². The maximum atomic E-state index is 6.17. The van der Waals surface area contributed by atoms with Gasteiger partial charge in [-0.1, -0.05) is 53.5 Å². The third-order valence-corrected chi connectivity index (χ3v) is 4.20. The highest BCUT2D eigenvalue weighted by molar-refractivity contribution is 6.35. The van der Waals surface area contributed by atoms with Crippen LogP contribution in [0.25, 0.3) is 0 Å². The Bertz CT molecular complexity index is 592. The van der Waals surface area contributed by atoms with Crippen LogP contribution in [0.15, 0.2) is 42.5 Å². The molecule has 0 aliphatic heterocycles. The van der Waals surface area contributed by atoms with Crippen molar-refractivity contribution >= 4 is 23.2 Å². The van der Waals surface area contributed by atoms with Gasteiger partial charge in [-0.3, -0.25) is 0 Å². The summed E-state index contributed by atoms with van der Waals surface area (Å²) in [6.45, 7) is 3.69. The fourth-order valence-electron chi connectivity index (χ4n) is 2.46. The van der Waals surface area contributed by atoms with E-state index in [0.29, 0.717) is 0 Å². The molecule has 22 heavy (non-hydrogen) atoms. The highest BCUT2D eigenvalue weighted by Gasteiger charge is 2.05. The van der Waals surface area contributed by atoms with Gasteiger partial charge in [0.25, 0.3) is 0 Å². The maximum Gasteiger partial charge on any atom is 0.0453 e. The Kier molecular flexibility index (Phi) is 6.71. The van der Waals surface area contributed by atoms with E-state index < -0.39 is 0 Å². The molecule has 1 unspecified atom stereocenters. The first-order valence-corrected chi connectivity index (χ1v) is 8.29. The van der Waals surface area contributed by atoms with Crippen molar-refractivity contribution in [1.29, 1.82) is 0 Å². The van der Waals surface area contributed by atoms with E-state index in [4.69, 9.17) is 28.9 Å². The number of nitrogens with one attached hydrogen (secondary N) is 1. The first-order valence-electron chi connectivity index (χ1n) is 7.53. The monoisotopic (exact) mass is 336 g/mol. The number of benzene rings is 2. The molecular weight excluding hydrogens is 315 g/mol. The van der Waals surface area contributed by atoms with Crippen molar-refractivity contribution in [1.82, 2.24) is 5.32 Å². The second-order valence-electron chi connectivity index (χ2n) is 5.63. The summed E-state index contributed by atoms with van der Waals surface area (Å²) >= 11 is 12.3. The lowest BCUT2D eigenvalue weighted by molar-refractivity contribution is 0.684. The van der Waals surface area contributed by atoms with Crippen LogP contribution in [0.2, 0.25) is 10.0 Å². The van der Waals surface area contributed by atoms with E-state index in [2.05, 4.69) is 29.6 Å². The van der Waals surface area contributed by atoms with Gasteiger partial charge in [-0.05, 0) is 55.1 Å². The van der Waals surface area contributed by atoms with Crippen molar-refractivity contribution in [2.45, 2.75) is 32.4 Å². The van der Waals surface area contributed by atoms with Crippen LogP contribution in [0.1, 0.15) is 23.6 Å². The van der Waals surface area contributed by atoms with Crippen molar-refractivity contribution in [2.75, 3.05) is 6.54 Å². The Hall–Kier alpha value is -1.06. The highest BCUT2D eigenvalue weighted by atomic mass is 35.5. The summed E-state index contributed by atoms with van der Waals surface area (Å²) in [6, 6.07) is 14.3. The number of rotatable bonds is 7. The highest BCUT2D eigenvalue weighted by Crippen LogP contribution is 2.24. The fourth-order valence-corrected chi connectivity index (χ4v) is 3.04. The second kappa shape index (κ2) is 8.54. The molecule has 0 amide bonds. The Morgan fingerprint density at radius 3 is 2.36 bits per heavy atom. The minimum absolute atomic E-state index is 0.186. The molecule has 0 radical (unpaired) electrons. The van der Waals surface area contributed by atoms with Gasteiger partial charge in [0.1, 0.15) is 0 Å². The number of halogens is 2. The predicted molar refractivity (Wildman–Crippen MR) is 95.7 cm³/mol. The molecule has 3 N–H and O–H groups in total. The minimum Gasteiger partial charge on any atom is -0.328 e. The average molecular weight is 337 g/mol. The average Bonchev–Trinajstić information content (AvgIpc) is 2.45. The van der Waals surface area contributed by atoms with Crippen LogP contribution in [-0.4, -0.2) is 12.6 Å². The molecule has 2 rings (SSSR count). The first-order chi connectivity index (χ1) is 10.6. The zero-order valence-corrected chi connectivity index (χ0v) is 14.3. The molecule has 0 bridgehead atoms. The first kappa shape index (κ1) is 17.3. The molecule has 0 aliphatic carbocycles. The summed E-state index contributed by atoms with van der Waals surface area (Å²) in [7, 11) is 0. The van der Waals surface area contributed by atoms with Gasteiger partial charge in [-0.15, -0.1) is 0 Å². The van der Waals surface area contributed by atoms with Crippen molar-refractivity contribution in [3.63, 3.8) is 0 Å². The molecule has 0 saturated carbocycles. The third-order valence-electron chi connectivity index (χ3n) is 3.49. The summed E-state index contributed by atoms with van der Waals surface area (Å²) in [5.41, 5.74) is 9.40. The van der Waals surface area contributed by atoms with Crippen LogP contribution < -0.4 is 11.1 Å². The zero-order chi connectivity index (χ0) is 15.9. The van der Waals surface area contributed by atoms with E-state index in [0.717, 1.165) is 41.5 Å². The van der Waals surface area contributed by atoms with Gasteiger partial charge in [0, 0.05) is 22.6 Å². The van der Waals surface area contributed by atoms with Crippen molar-refractivity contribution in [3.8, 4) is 0 Å². The summed E-state index contributed by atoms with van der Waals surface area (Å²) in [5, 5.41) is 4.90. The fraction of sp³-hybridized carbons (Fsp3) is 0.333. The Morgan fingerprint density at radius 1 is 1.05 bits per heavy atom. The smallest absolute Gasteiger partial charge is 0.0453 e. The molecule has 0 fully saturated rings. The second-order valence-corrected chi connectivity index (χ2v) is 6.44. The third kappa shape index (κ3) is 5.29. The molecular formula is C18H22Cl2N2. The van der Waals surface area contributed by atoms with E-state index in [1.807, 2.05) is 25.1 Å². The Labute approximate surface area is 142 Å². The van der Waals surface area contributed by atoms with Gasteiger partial charge in [-0.2, -0.15) is 0 Å². The SMILES string of the molecule is CC(N)Cc1cccc(CNCCc2c(Cl)cccc2Cl)c1. The molecule has 4 heteroatoms. The summed E-state index contributed by atoms with van der Waals surface area (Å²) in [5.74, 6) is 0. The van der Waals surface area contributed by atoms with Crippen molar-refractivity contribution in [2.24, 2.45) is 5.73 Å². The van der Waals surface area contributed by atoms with Crippen LogP contribution in [0.4, 0.5) is 0 Å². The predicted octanol–water partition coefficient (Wildman–Crippen LogP) is 4.22. The van der Waals surface area contributed by atoms with Gasteiger partial charge < -0.3 is 11.1 Å². The van der Waals surface area contributed by atoms with Crippen LogP contribution in [0.5, 0.6) is 0 Å². The van der Waals surface area contributed by atoms with Gasteiger partial charge >= 0.3 is 0 Å². The van der Waals surface area contributed by atoms with Gasteiger partial charge in [0.05, 0.1) is 0 Å². The van der Waals surface area contributed by atoms with Crippen LogP contribution in [0.3, 0.4) is 0 Å². The summed E-state index contributed by atoms with van der Waals surface area (Å²) < 4.78 is 0. The summed E-state index contributed by atoms with van der Waals surface area (Å²) in [4.78, 5) is 0. The molecule has 0 saturated heterocycles. The lowest BCUT2D eigenvalue weighted by atomic mass is 10.0. The lowest BCUT2D eigenvalue weighted by Crippen LogP contribution is -2.19. The standard InChI is InChI=1S/C18H22Cl2N2/c1-13(21)10-14-4-2-5-15(11-14)12-22-9-8-16-17(19)6-3-7-18(16)20/h2-7,11,13,22H,8-10,12,21H2,1H3. The van der Waals surface area contributed by atoms with Gasteiger partial charge in [-0.25, -0.2) is 0 Å². The van der Waals surface area contributed by atoms with Crippen LogP contribution >= 0.6 is 23.2 Å². The Morgan fingerprint density at radius 2 is 1.68 bits per heavy atom. The van der Waals surface area contributed by atoms with Crippen LogP contribution in [0, 0.1) is 0 Å². The molecule has 2 aromatic rings. The normalized spacial score (nSPS) is 12.4. The van der Waals surface area contributed by atoms with Crippen LogP contribution in [-0.2, 0) is 19.4 Å². The maximum absolute atomic E-state index is 6.17. The van der Waals surface area contributed by atoms with Gasteiger partial charge in [0.2, 0.25) is 0 Å². The summed E-state index contributed by atoms with van der Waals surface area (Å²) in [6.07, 6.45) is 1.72. The quantitative estimate of drug-likeness (QED) is 0.743. The molecule has 1 atom stereocenters. The largest absolute Gasteiger partial charge is 0.328 e. The molecule has 2 nitrogen and oxygen atoms in total. The molecule has 0 aromatic heterocycles. The van der Waals surface area contributed by atoms with E-state index in [1.54, 1.807) is 0 Å². The van der Waals surface area contributed by atoms with E-state index in [9.17, 15) is 0 Å². The topological polar surface area (TPSA) is 38.0 Å². The molecule has 0 spiro atoms. The zero-order valence-electron chi connectivity index (χ0n) is 12.8. The number of hydrogen-bond acceptors (Lipinski definition) is 2. The van der Waals surface area contributed by atoms with Gasteiger partial charge in [0.15, 0.2) is 0 Å². The number of nitrogens with two attached hydrogens (primary N) is 1. The Balaban J connectivity index is 1.84. The van der Waals surface area contributed by atoms with E-state index in [1.165, 1.54) is 11.1 Å². The number of hydrogen-bond donors (Lipinski definition) is 2.